The number of carbonyl (C=O) groups is 1. The molecule has 1 aliphatic carbocycles. The van der Waals surface area contributed by atoms with Crippen molar-refractivity contribution in [2.24, 2.45) is 0 Å². The number of hydrogen-bond acceptors (Lipinski definition) is 4. The lowest BCUT2D eigenvalue weighted by Crippen LogP contribution is -2.32. The van der Waals surface area contributed by atoms with Gasteiger partial charge in [-0.3, -0.25) is 9.69 Å². The number of nitrogens with one attached hydrogen (secondary N) is 1. The van der Waals surface area contributed by atoms with Crippen molar-refractivity contribution >= 4 is 11.6 Å². The fourth-order valence-electron chi connectivity index (χ4n) is 2.78. The van der Waals surface area contributed by atoms with Gasteiger partial charge in [-0.05, 0) is 37.1 Å². The van der Waals surface area contributed by atoms with Crippen molar-refractivity contribution in [3.05, 3.63) is 54.6 Å². The summed E-state index contributed by atoms with van der Waals surface area (Å²) in [6.45, 7) is 1.43. The van der Waals surface area contributed by atoms with E-state index in [1.54, 1.807) is 0 Å². The highest BCUT2D eigenvalue weighted by atomic mass is 16.5. The van der Waals surface area contributed by atoms with Crippen LogP contribution in [-0.4, -0.2) is 41.7 Å². The summed E-state index contributed by atoms with van der Waals surface area (Å²) in [4.78, 5) is 14.5. The van der Waals surface area contributed by atoms with Crippen LogP contribution in [0.1, 0.15) is 19.3 Å². The Hall–Kier alpha value is -2.37. The summed E-state index contributed by atoms with van der Waals surface area (Å²) in [5.74, 6) is 1.30. The van der Waals surface area contributed by atoms with E-state index in [0.717, 1.165) is 18.6 Å². The summed E-state index contributed by atoms with van der Waals surface area (Å²) in [5.41, 5.74) is 0.663. The summed E-state index contributed by atoms with van der Waals surface area (Å²) in [6, 6.07) is 17.5. The van der Waals surface area contributed by atoms with Crippen molar-refractivity contribution < 1.29 is 14.6 Å². The molecule has 0 unspecified atom stereocenters. The molecule has 2 N–H and O–H groups in total. The number of benzene rings is 2. The molecule has 1 aliphatic rings. The molecule has 0 atom stereocenters. The van der Waals surface area contributed by atoms with Crippen LogP contribution in [0.2, 0.25) is 0 Å². The Bertz CT molecular complexity index is 686. The first-order valence-electron chi connectivity index (χ1n) is 8.73. The average molecular weight is 340 g/mol. The molecule has 1 amide bonds. The first-order chi connectivity index (χ1) is 12.3. The van der Waals surface area contributed by atoms with Gasteiger partial charge in [0.2, 0.25) is 5.91 Å². The summed E-state index contributed by atoms with van der Waals surface area (Å²) in [5, 5.41) is 12.1. The van der Waals surface area contributed by atoms with Gasteiger partial charge in [0.25, 0.3) is 0 Å². The van der Waals surface area contributed by atoms with E-state index in [0.29, 0.717) is 37.0 Å². The molecule has 3 rings (SSSR count). The van der Waals surface area contributed by atoms with Gasteiger partial charge < -0.3 is 15.2 Å². The maximum Gasteiger partial charge on any atom is 0.225 e. The molecule has 2 aromatic rings. The fourth-order valence-corrected chi connectivity index (χ4v) is 2.78. The zero-order chi connectivity index (χ0) is 17.5. The van der Waals surface area contributed by atoms with Crippen LogP contribution in [0.5, 0.6) is 11.5 Å². The predicted octanol–water partition coefficient (Wildman–Crippen LogP) is 3.26. The highest BCUT2D eigenvalue weighted by Gasteiger charge is 2.28. The van der Waals surface area contributed by atoms with Crippen LogP contribution in [0.4, 0.5) is 5.69 Å². The van der Waals surface area contributed by atoms with Crippen molar-refractivity contribution in [1.29, 1.82) is 0 Å². The first kappa shape index (κ1) is 17.5. The van der Waals surface area contributed by atoms with Gasteiger partial charge >= 0.3 is 0 Å². The third-order valence-electron chi connectivity index (χ3n) is 4.21. The van der Waals surface area contributed by atoms with Gasteiger partial charge in [-0.25, -0.2) is 0 Å². The summed E-state index contributed by atoms with van der Waals surface area (Å²) < 4.78 is 5.86. The molecule has 132 valence electrons. The van der Waals surface area contributed by atoms with Gasteiger partial charge in [0, 0.05) is 25.6 Å². The minimum Gasteiger partial charge on any atom is -0.455 e. The largest absolute Gasteiger partial charge is 0.455 e. The number of aliphatic hydroxyl groups is 1. The van der Waals surface area contributed by atoms with Crippen molar-refractivity contribution in [2.75, 3.05) is 25.0 Å². The zero-order valence-electron chi connectivity index (χ0n) is 14.2. The number of para-hydroxylation sites is 3. The van der Waals surface area contributed by atoms with E-state index < -0.39 is 0 Å². The van der Waals surface area contributed by atoms with Gasteiger partial charge in [-0.2, -0.15) is 0 Å². The monoisotopic (exact) mass is 340 g/mol. The third kappa shape index (κ3) is 5.31. The van der Waals surface area contributed by atoms with E-state index >= 15 is 0 Å². The number of aliphatic hydroxyl groups excluding tert-OH is 1. The second-order valence-electron chi connectivity index (χ2n) is 6.20. The molecule has 5 nitrogen and oxygen atoms in total. The molecule has 0 aromatic heterocycles. The molecule has 0 heterocycles. The van der Waals surface area contributed by atoms with Gasteiger partial charge in [-0.1, -0.05) is 30.3 Å². The average Bonchev–Trinajstić information content (AvgIpc) is 3.46. The normalized spacial score (nSPS) is 13.7. The van der Waals surface area contributed by atoms with Crippen LogP contribution in [-0.2, 0) is 4.79 Å². The molecule has 0 radical (unpaired) electrons. The Morgan fingerprint density at radius 3 is 2.52 bits per heavy atom. The lowest BCUT2D eigenvalue weighted by molar-refractivity contribution is -0.116. The predicted molar refractivity (Wildman–Crippen MR) is 97.9 cm³/mol. The van der Waals surface area contributed by atoms with Crippen LogP contribution in [0.15, 0.2) is 54.6 Å². The molecule has 1 fully saturated rings. The zero-order valence-corrected chi connectivity index (χ0v) is 14.2. The maximum absolute atomic E-state index is 12.3. The summed E-state index contributed by atoms with van der Waals surface area (Å²) in [7, 11) is 0. The van der Waals surface area contributed by atoms with Crippen molar-refractivity contribution in [3.8, 4) is 11.5 Å². The maximum atomic E-state index is 12.3. The van der Waals surface area contributed by atoms with Gasteiger partial charge in [-0.15, -0.1) is 0 Å². The number of carbonyl (C=O) groups excluding carboxylic acids is 1. The number of nitrogens with zero attached hydrogens (tertiary/aromatic N) is 1. The minimum atomic E-state index is -0.0484. The van der Waals surface area contributed by atoms with Crippen LogP contribution in [0.25, 0.3) is 0 Å². The smallest absolute Gasteiger partial charge is 0.225 e. The van der Waals surface area contributed by atoms with Gasteiger partial charge in [0.1, 0.15) is 5.75 Å². The highest BCUT2D eigenvalue weighted by Crippen LogP contribution is 2.29. The van der Waals surface area contributed by atoms with Crippen LogP contribution in [0.3, 0.4) is 0 Å². The molecular formula is C20H24N2O3. The fraction of sp³-hybridized carbons (Fsp3) is 0.350. The summed E-state index contributed by atoms with van der Waals surface area (Å²) >= 11 is 0. The lowest BCUT2D eigenvalue weighted by Gasteiger charge is -2.20. The van der Waals surface area contributed by atoms with Gasteiger partial charge in [0.15, 0.2) is 5.75 Å². The Kier molecular flexibility index (Phi) is 6.04. The lowest BCUT2D eigenvalue weighted by atomic mass is 10.2. The second-order valence-corrected chi connectivity index (χ2v) is 6.20. The number of ether oxygens (including phenoxy) is 1. The Morgan fingerprint density at radius 1 is 1.08 bits per heavy atom. The van der Waals surface area contributed by atoms with E-state index in [1.807, 2.05) is 54.6 Å². The van der Waals surface area contributed by atoms with Crippen molar-refractivity contribution in [3.63, 3.8) is 0 Å². The number of hydrogen-bond donors (Lipinski definition) is 2. The van der Waals surface area contributed by atoms with Gasteiger partial charge in [0.05, 0.1) is 12.3 Å². The number of rotatable bonds is 9. The molecule has 2 aromatic carbocycles. The van der Waals surface area contributed by atoms with Crippen molar-refractivity contribution in [2.45, 2.75) is 25.3 Å². The number of amides is 1. The molecule has 0 bridgehead atoms. The molecule has 1 saturated carbocycles. The van der Waals surface area contributed by atoms with Crippen LogP contribution >= 0.6 is 0 Å². The van der Waals surface area contributed by atoms with Crippen LogP contribution in [0, 0.1) is 0 Å². The highest BCUT2D eigenvalue weighted by molar-refractivity contribution is 5.92. The van der Waals surface area contributed by atoms with Crippen LogP contribution < -0.4 is 10.1 Å². The first-order valence-corrected chi connectivity index (χ1v) is 8.73. The molecule has 0 saturated heterocycles. The molecule has 25 heavy (non-hydrogen) atoms. The Morgan fingerprint density at radius 2 is 1.80 bits per heavy atom. The minimum absolute atomic E-state index is 0.0484. The van der Waals surface area contributed by atoms with E-state index in [-0.39, 0.29) is 12.5 Å². The van der Waals surface area contributed by atoms with E-state index in [4.69, 9.17) is 9.84 Å². The molecular weight excluding hydrogens is 316 g/mol. The number of anilines is 1. The molecule has 0 spiro atoms. The molecule has 0 aliphatic heterocycles. The van der Waals surface area contributed by atoms with E-state index in [2.05, 4.69) is 10.2 Å². The molecule has 5 heteroatoms. The standard InChI is InChI=1S/C20H24N2O3/c23-15-14-22(16-10-11-16)13-12-20(24)21-18-8-4-5-9-19(18)25-17-6-2-1-3-7-17/h1-9,16,23H,10-15H2,(H,21,24). The second kappa shape index (κ2) is 8.65. The third-order valence-corrected chi connectivity index (χ3v) is 4.21. The topological polar surface area (TPSA) is 61.8 Å². The van der Waals surface area contributed by atoms with E-state index in [1.165, 1.54) is 0 Å². The SMILES string of the molecule is O=C(CCN(CCO)C1CC1)Nc1ccccc1Oc1ccccc1. The van der Waals surface area contributed by atoms with Crippen molar-refractivity contribution in [1.82, 2.24) is 4.90 Å². The Labute approximate surface area is 148 Å². The quantitative estimate of drug-likeness (QED) is 0.735. The Balaban J connectivity index is 1.57. The van der Waals surface area contributed by atoms with E-state index in [9.17, 15) is 4.79 Å². The summed E-state index contributed by atoms with van der Waals surface area (Å²) in [6.07, 6.45) is 2.72.